The van der Waals surface area contributed by atoms with E-state index in [0.717, 1.165) is 11.3 Å². The molecule has 1 aromatic carbocycles. The zero-order valence-corrected chi connectivity index (χ0v) is 13.1. The van der Waals surface area contributed by atoms with Gasteiger partial charge in [0.2, 0.25) is 0 Å². The zero-order chi connectivity index (χ0) is 16.1. The van der Waals surface area contributed by atoms with Crippen molar-refractivity contribution in [1.29, 1.82) is 0 Å². The molecular weight excluding hydrogens is 304 g/mol. The summed E-state index contributed by atoms with van der Waals surface area (Å²) < 4.78 is 10.5. The van der Waals surface area contributed by atoms with Gasteiger partial charge in [-0.25, -0.2) is 9.78 Å². The van der Waals surface area contributed by atoms with Crippen LogP contribution < -0.4 is 10.5 Å². The Morgan fingerprint density at radius 2 is 2.00 bits per heavy atom. The predicted octanol–water partition coefficient (Wildman–Crippen LogP) is 2.06. The molecule has 1 heterocycles. The van der Waals surface area contributed by atoms with Crippen LogP contribution >= 0.6 is 11.3 Å². The number of ether oxygens (including phenoxy) is 2. The third-order valence-corrected chi connectivity index (χ3v) is 3.65. The average molecular weight is 320 g/mol. The highest BCUT2D eigenvalue weighted by molar-refractivity contribution is 7.09. The van der Waals surface area contributed by atoms with Crippen LogP contribution in [0, 0.1) is 6.92 Å². The highest BCUT2D eigenvalue weighted by atomic mass is 32.1. The van der Waals surface area contributed by atoms with E-state index in [0.29, 0.717) is 5.01 Å². The maximum Gasteiger partial charge on any atom is 0.358 e. The fourth-order valence-corrected chi connectivity index (χ4v) is 2.20. The second-order valence-corrected chi connectivity index (χ2v) is 5.62. The molecule has 0 aliphatic heterocycles. The maximum atomic E-state index is 11.8. The van der Waals surface area contributed by atoms with Gasteiger partial charge < -0.3 is 15.2 Å². The molecule has 1 aromatic heterocycles. The van der Waals surface area contributed by atoms with Crippen LogP contribution in [0.25, 0.3) is 0 Å². The highest BCUT2D eigenvalue weighted by Gasteiger charge is 2.18. The molecule has 1 atom stereocenters. The van der Waals surface area contributed by atoms with Gasteiger partial charge >= 0.3 is 5.97 Å². The van der Waals surface area contributed by atoms with Crippen LogP contribution in [0.1, 0.15) is 28.0 Å². The van der Waals surface area contributed by atoms with Gasteiger partial charge in [-0.1, -0.05) is 17.7 Å². The molecule has 0 aliphatic rings. The molecule has 0 aliphatic carbocycles. The average Bonchev–Trinajstić information content (AvgIpc) is 2.95. The van der Waals surface area contributed by atoms with E-state index in [4.69, 9.17) is 15.2 Å². The highest BCUT2D eigenvalue weighted by Crippen LogP contribution is 2.16. The standard InChI is InChI=1S/C15H16N2O4S/c1-9-3-5-11(6-4-9)20-7-13-17-12(8-22-13)15(19)21-10(2)14(16)18/h3-6,8,10H,7H2,1-2H3,(H2,16,18)/t10-/m1/s1. The lowest BCUT2D eigenvalue weighted by atomic mass is 10.2. The van der Waals surface area contributed by atoms with E-state index >= 15 is 0 Å². The number of carbonyl (C=O) groups is 2. The number of benzene rings is 1. The molecule has 0 unspecified atom stereocenters. The molecule has 0 fully saturated rings. The molecule has 0 saturated heterocycles. The lowest BCUT2D eigenvalue weighted by Crippen LogP contribution is -2.30. The number of aromatic nitrogens is 1. The SMILES string of the molecule is Cc1ccc(OCc2nc(C(=O)O[C@H](C)C(N)=O)cs2)cc1. The molecular formula is C15H16N2O4S. The molecule has 0 saturated carbocycles. The fraction of sp³-hybridized carbons (Fsp3) is 0.267. The van der Waals surface area contributed by atoms with Crippen molar-refractivity contribution in [3.8, 4) is 5.75 Å². The van der Waals surface area contributed by atoms with E-state index in [1.54, 1.807) is 5.38 Å². The first-order chi connectivity index (χ1) is 10.5. The van der Waals surface area contributed by atoms with Crippen molar-refractivity contribution in [3.63, 3.8) is 0 Å². The number of esters is 1. The summed E-state index contributed by atoms with van der Waals surface area (Å²) >= 11 is 1.28. The maximum absolute atomic E-state index is 11.8. The van der Waals surface area contributed by atoms with Crippen LogP contribution in [0.15, 0.2) is 29.6 Å². The summed E-state index contributed by atoms with van der Waals surface area (Å²) in [6.45, 7) is 3.66. The summed E-state index contributed by atoms with van der Waals surface area (Å²) in [6.07, 6.45) is -0.985. The summed E-state index contributed by atoms with van der Waals surface area (Å²) in [7, 11) is 0. The molecule has 2 N–H and O–H groups in total. The van der Waals surface area contributed by atoms with Gasteiger partial charge in [0.15, 0.2) is 11.8 Å². The second-order valence-electron chi connectivity index (χ2n) is 4.68. The topological polar surface area (TPSA) is 91.5 Å². The van der Waals surface area contributed by atoms with E-state index in [2.05, 4.69) is 4.98 Å². The van der Waals surface area contributed by atoms with Crippen molar-refractivity contribution in [3.05, 3.63) is 45.9 Å². The number of thiazole rings is 1. The molecule has 116 valence electrons. The number of aryl methyl sites for hydroxylation is 1. The Kier molecular flexibility index (Phi) is 5.11. The van der Waals surface area contributed by atoms with Crippen molar-refractivity contribution >= 4 is 23.2 Å². The quantitative estimate of drug-likeness (QED) is 0.823. The van der Waals surface area contributed by atoms with E-state index in [-0.39, 0.29) is 12.3 Å². The molecule has 7 heteroatoms. The molecule has 22 heavy (non-hydrogen) atoms. The molecule has 0 bridgehead atoms. The van der Waals surface area contributed by atoms with Crippen molar-refractivity contribution in [2.75, 3.05) is 0 Å². The van der Waals surface area contributed by atoms with Crippen molar-refractivity contribution < 1.29 is 19.1 Å². The minimum Gasteiger partial charge on any atom is -0.486 e. The molecule has 2 aromatic rings. The van der Waals surface area contributed by atoms with E-state index in [1.165, 1.54) is 18.3 Å². The Morgan fingerprint density at radius 1 is 1.32 bits per heavy atom. The number of primary amides is 1. The monoisotopic (exact) mass is 320 g/mol. The van der Waals surface area contributed by atoms with Gasteiger partial charge in [0, 0.05) is 5.38 Å². The number of hydrogen-bond donors (Lipinski definition) is 1. The Bertz CT molecular complexity index is 666. The summed E-state index contributed by atoms with van der Waals surface area (Å²) in [5.41, 5.74) is 6.32. The zero-order valence-electron chi connectivity index (χ0n) is 12.2. The third kappa shape index (κ3) is 4.29. The third-order valence-electron chi connectivity index (χ3n) is 2.83. The minimum atomic E-state index is -0.985. The number of amides is 1. The van der Waals surface area contributed by atoms with Crippen LogP contribution in [0.2, 0.25) is 0 Å². The summed E-state index contributed by atoms with van der Waals surface area (Å²) in [6, 6.07) is 7.63. The van der Waals surface area contributed by atoms with Crippen LogP contribution in [0.5, 0.6) is 5.75 Å². The molecule has 2 rings (SSSR count). The van der Waals surface area contributed by atoms with Crippen LogP contribution in [0.3, 0.4) is 0 Å². The first kappa shape index (κ1) is 16.0. The molecule has 0 radical (unpaired) electrons. The van der Waals surface area contributed by atoms with Gasteiger partial charge in [-0.05, 0) is 26.0 Å². The smallest absolute Gasteiger partial charge is 0.358 e. The van der Waals surface area contributed by atoms with Gasteiger partial charge in [0.25, 0.3) is 5.91 Å². The van der Waals surface area contributed by atoms with E-state index in [9.17, 15) is 9.59 Å². The molecule has 0 spiro atoms. The number of carbonyl (C=O) groups excluding carboxylic acids is 2. The van der Waals surface area contributed by atoms with Gasteiger partial charge in [-0.3, -0.25) is 4.79 Å². The van der Waals surface area contributed by atoms with E-state index < -0.39 is 18.0 Å². The van der Waals surface area contributed by atoms with Gasteiger partial charge in [-0.2, -0.15) is 0 Å². The number of hydrogen-bond acceptors (Lipinski definition) is 6. The Balaban J connectivity index is 1.92. The lowest BCUT2D eigenvalue weighted by Gasteiger charge is -2.07. The summed E-state index contributed by atoms with van der Waals surface area (Å²) in [4.78, 5) is 26.7. The number of nitrogens with two attached hydrogens (primary N) is 1. The van der Waals surface area contributed by atoms with Gasteiger partial charge in [-0.15, -0.1) is 11.3 Å². The number of nitrogens with zero attached hydrogens (tertiary/aromatic N) is 1. The normalized spacial score (nSPS) is 11.7. The summed E-state index contributed by atoms with van der Waals surface area (Å²) in [5.74, 6) is -0.650. The minimum absolute atomic E-state index is 0.139. The Hall–Kier alpha value is -2.41. The van der Waals surface area contributed by atoms with E-state index in [1.807, 2.05) is 31.2 Å². The van der Waals surface area contributed by atoms with Crippen LogP contribution in [0.4, 0.5) is 0 Å². The van der Waals surface area contributed by atoms with Crippen molar-refractivity contribution in [2.24, 2.45) is 5.73 Å². The second kappa shape index (κ2) is 7.04. The van der Waals surface area contributed by atoms with Crippen LogP contribution in [-0.4, -0.2) is 23.0 Å². The molecule has 1 amide bonds. The van der Waals surface area contributed by atoms with Gasteiger partial charge in [0.1, 0.15) is 17.4 Å². The Morgan fingerprint density at radius 3 is 2.64 bits per heavy atom. The summed E-state index contributed by atoms with van der Waals surface area (Å²) in [5, 5.41) is 2.20. The Labute approximate surface area is 131 Å². The van der Waals surface area contributed by atoms with Crippen molar-refractivity contribution in [2.45, 2.75) is 26.6 Å². The lowest BCUT2D eigenvalue weighted by molar-refractivity contribution is -0.125. The number of rotatable bonds is 6. The van der Waals surface area contributed by atoms with Gasteiger partial charge in [0.05, 0.1) is 0 Å². The van der Waals surface area contributed by atoms with Crippen LogP contribution in [-0.2, 0) is 16.1 Å². The first-order valence-electron chi connectivity index (χ1n) is 6.60. The van der Waals surface area contributed by atoms with Crippen molar-refractivity contribution in [1.82, 2.24) is 4.98 Å². The fourth-order valence-electron chi connectivity index (χ4n) is 1.53. The first-order valence-corrected chi connectivity index (χ1v) is 7.48. The predicted molar refractivity (Wildman–Crippen MR) is 81.7 cm³/mol. The molecule has 6 nitrogen and oxygen atoms in total. The largest absolute Gasteiger partial charge is 0.486 e.